The lowest BCUT2D eigenvalue weighted by Crippen LogP contribution is -2.31. The van der Waals surface area contributed by atoms with E-state index < -0.39 is 24.4 Å². The monoisotopic (exact) mass is 398 g/mol. The minimum Gasteiger partial charge on any atom is -0.394 e. The number of fused-ring (bicyclic) bond motifs is 1. The molecule has 4 rings (SSSR count). The summed E-state index contributed by atoms with van der Waals surface area (Å²) in [6, 6.07) is 4.05. The zero-order valence-electron chi connectivity index (χ0n) is 15.0. The molecule has 0 radical (unpaired) electrons. The Morgan fingerprint density at radius 3 is 2.83 bits per heavy atom. The van der Waals surface area contributed by atoms with Gasteiger partial charge in [0.2, 0.25) is 0 Å². The molecule has 0 saturated carbocycles. The number of H-pyrrole nitrogens is 1. The molecule has 148 valence electrons. The highest BCUT2D eigenvalue weighted by Crippen LogP contribution is 2.20. The smallest absolute Gasteiger partial charge is 0.251 e. The zero-order chi connectivity index (χ0) is 20.4. The molecule has 2 heterocycles. The van der Waals surface area contributed by atoms with Crippen molar-refractivity contribution in [2.24, 2.45) is 0 Å². The van der Waals surface area contributed by atoms with E-state index in [1.165, 1.54) is 18.3 Å². The molecule has 0 aliphatic heterocycles. The molecule has 1 amide bonds. The number of amides is 1. The highest BCUT2D eigenvalue weighted by molar-refractivity contribution is 5.94. The van der Waals surface area contributed by atoms with Crippen LogP contribution in [0, 0.1) is 11.6 Å². The van der Waals surface area contributed by atoms with Crippen LogP contribution in [-0.2, 0) is 0 Å². The number of aromatic amines is 1. The summed E-state index contributed by atoms with van der Waals surface area (Å²) < 4.78 is 31.9. The van der Waals surface area contributed by atoms with Gasteiger partial charge in [0.1, 0.15) is 17.7 Å². The number of hydrogen-bond donors (Lipinski definition) is 3. The number of aliphatic hydroxyl groups is 1. The van der Waals surface area contributed by atoms with Gasteiger partial charge in [-0.05, 0) is 36.8 Å². The van der Waals surface area contributed by atoms with Crippen molar-refractivity contribution >= 4 is 23.6 Å². The molecule has 9 heteroatoms. The first-order valence-corrected chi connectivity index (χ1v) is 8.80. The minimum absolute atomic E-state index is 0.0211. The normalized spacial score (nSPS) is 14.1. The number of carbonyl (C=O) groups is 1. The largest absolute Gasteiger partial charge is 0.394 e. The van der Waals surface area contributed by atoms with Crippen LogP contribution in [0.4, 0.5) is 8.78 Å². The van der Waals surface area contributed by atoms with Gasteiger partial charge in [-0.3, -0.25) is 4.79 Å². The molecule has 1 aromatic carbocycles. The Morgan fingerprint density at radius 1 is 1.28 bits per heavy atom. The molecule has 29 heavy (non-hydrogen) atoms. The molecule has 1 aliphatic carbocycles. The highest BCUT2D eigenvalue weighted by atomic mass is 19.1. The van der Waals surface area contributed by atoms with Gasteiger partial charge < -0.3 is 19.9 Å². The third-order valence-electron chi connectivity index (χ3n) is 4.50. The maximum Gasteiger partial charge on any atom is 0.251 e. The van der Waals surface area contributed by atoms with Crippen molar-refractivity contribution in [3.05, 3.63) is 76.0 Å². The molecular formula is C20H16F2N4O3. The number of hydrogen-bond acceptors (Lipinski definition) is 5. The Morgan fingerprint density at radius 2 is 2.07 bits per heavy atom. The lowest BCUT2D eigenvalue weighted by molar-refractivity contribution is 0.0901. The maximum atomic E-state index is 13.7. The second kappa shape index (κ2) is 7.80. The number of allylic oxidation sites excluding steroid dienone is 2. The van der Waals surface area contributed by atoms with Crippen molar-refractivity contribution in [3.8, 4) is 0 Å². The third kappa shape index (κ3) is 3.85. The van der Waals surface area contributed by atoms with E-state index in [0.29, 0.717) is 22.6 Å². The number of aromatic nitrogens is 3. The first kappa shape index (κ1) is 18.8. The quantitative estimate of drug-likeness (QED) is 0.599. The van der Waals surface area contributed by atoms with Gasteiger partial charge in [0.25, 0.3) is 11.8 Å². The number of aliphatic hydroxyl groups excluding tert-OH is 1. The van der Waals surface area contributed by atoms with E-state index in [0.717, 1.165) is 12.1 Å². The van der Waals surface area contributed by atoms with E-state index >= 15 is 0 Å². The molecule has 0 fully saturated rings. The maximum absolute atomic E-state index is 13.7. The van der Waals surface area contributed by atoms with Crippen molar-refractivity contribution in [1.82, 2.24) is 20.4 Å². The molecule has 2 aromatic heterocycles. The summed E-state index contributed by atoms with van der Waals surface area (Å²) in [4.78, 5) is 19.4. The standard InChI is InChI=1S/C20H16F2N4O3/c21-13-5-1-12(2-6-13)19(28)24-17(10-27)20-25-18(26-29-20)11-3-7-14-15(22)9-23-16(14)8-4-11/h1-2,4-9,17,23,27H,3,10H2,(H,24,28)/t17-/m0/s1. The Labute approximate surface area is 163 Å². The third-order valence-corrected chi connectivity index (χ3v) is 4.50. The summed E-state index contributed by atoms with van der Waals surface area (Å²) in [5.74, 6) is -1.03. The van der Waals surface area contributed by atoms with Gasteiger partial charge >= 0.3 is 0 Å². The van der Waals surface area contributed by atoms with Crippen LogP contribution in [-0.4, -0.2) is 32.7 Å². The van der Waals surface area contributed by atoms with E-state index in [4.69, 9.17) is 4.52 Å². The first-order chi connectivity index (χ1) is 14.0. The Hall–Kier alpha value is -3.59. The minimum atomic E-state index is -0.932. The molecular weight excluding hydrogens is 382 g/mol. The number of nitrogens with zero attached hydrogens (tertiary/aromatic N) is 2. The zero-order valence-corrected chi connectivity index (χ0v) is 15.0. The average molecular weight is 398 g/mol. The van der Waals surface area contributed by atoms with Crippen LogP contribution in [0.15, 0.2) is 41.1 Å². The van der Waals surface area contributed by atoms with Gasteiger partial charge in [0.05, 0.1) is 6.61 Å². The predicted octanol–water partition coefficient (Wildman–Crippen LogP) is 1.19. The number of rotatable bonds is 5. The van der Waals surface area contributed by atoms with Crippen molar-refractivity contribution < 1.29 is 23.2 Å². The van der Waals surface area contributed by atoms with Crippen LogP contribution in [0.3, 0.4) is 0 Å². The van der Waals surface area contributed by atoms with Crippen LogP contribution >= 0.6 is 0 Å². The van der Waals surface area contributed by atoms with Gasteiger partial charge in [0.15, 0.2) is 5.82 Å². The van der Waals surface area contributed by atoms with Crippen molar-refractivity contribution in [2.45, 2.75) is 12.5 Å². The van der Waals surface area contributed by atoms with E-state index in [2.05, 4.69) is 20.4 Å². The molecule has 3 N–H and O–H groups in total. The summed E-state index contributed by atoms with van der Waals surface area (Å²) in [6.45, 7) is -0.471. The van der Waals surface area contributed by atoms with Gasteiger partial charge in [-0.25, -0.2) is 8.78 Å². The van der Waals surface area contributed by atoms with Crippen molar-refractivity contribution in [1.29, 1.82) is 0 Å². The van der Waals surface area contributed by atoms with E-state index in [9.17, 15) is 18.7 Å². The van der Waals surface area contributed by atoms with Crippen LogP contribution in [0.5, 0.6) is 0 Å². The Balaban J connectivity index is 1.52. The SMILES string of the molecule is O=C(N[C@@H](CO)c1nc(C2=CC=c3[nH]cc(F)c3=CC2)no1)c1ccc(F)cc1. The lowest BCUT2D eigenvalue weighted by Gasteiger charge is -2.12. The molecule has 1 aliphatic rings. The molecule has 0 saturated heterocycles. The van der Waals surface area contributed by atoms with Crippen LogP contribution in [0.2, 0.25) is 0 Å². The molecule has 7 nitrogen and oxygen atoms in total. The van der Waals surface area contributed by atoms with Gasteiger partial charge in [0, 0.05) is 27.9 Å². The van der Waals surface area contributed by atoms with Crippen molar-refractivity contribution in [3.63, 3.8) is 0 Å². The van der Waals surface area contributed by atoms with Crippen LogP contribution in [0.1, 0.15) is 34.5 Å². The number of carbonyl (C=O) groups excluding carboxylic acids is 1. The topological polar surface area (TPSA) is 104 Å². The summed E-state index contributed by atoms with van der Waals surface area (Å²) in [6.07, 6.45) is 6.85. The second-order valence-corrected chi connectivity index (χ2v) is 6.40. The van der Waals surface area contributed by atoms with E-state index in [-0.39, 0.29) is 23.1 Å². The lowest BCUT2D eigenvalue weighted by atomic mass is 10.1. The number of halogens is 2. The van der Waals surface area contributed by atoms with E-state index in [1.807, 2.05) is 0 Å². The van der Waals surface area contributed by atoms with E-state index in [1.54, 1.807) is 18.2 Å². The first-order valence-electron chi connectivity index (χ1n) is 8.80. The fraction of sp³-hybridized carbons (Fsp3) is 0.150. The summed E-state index contributed by atoms with van der Waals surface area (Å²) in [7, 11) is 0. The molecule has 0 spiro atoms. The predicted molar refractivity (Wildman–Crippen MR) is 99.5 cm³/mol. The van der Waals surface area contributed by atoms with Gasteiger partial charge in [-0.2, -0.15) is 4.98 Å². The summed E-state index contributed by atoms with van der Waals surface area (Å²) in [5.41, 5.74) is 0.911. The highest BCUT2D eigenvalue weighted by Gasteiger charge is 2.22. The summed E-state index contributed by atoms with van der Waals surface area (Å²) in [5, 5.41) is 17.2. The molecule has 0 unspecified atom stereocenters. The van der Waals surface area contributed by atoms with Crippen molar-refractivity contribution in [2.75, 3.05) is 6.61 Å². The second-order valence-electron chi connectivity index (χ2n) is 6.40. The Kier molecular flexibility index (Phi) is 5.05. The number of nitrogens with one attached hydrogen (secondary N) is 2. The summed E-state index contributed by atoms with van der Waals surface area (Å²) >= 11 is 0. The average Bonchev–Trinajstić information content (AvgIpc) is 3.28. The molecule has 0 bridgehead atoms. The molecule has 3 aromatic rings. The van der Waals surface area contributed by atoms with Gasteiger partial charge in [-0.1, -0.05) is 17.3 Å². The van der Waals surface area contributed by atoms with Crippen LogP contribution in [0.25, 0.3) is 17.7 Å². The fourth-order valence-corrected chi connectivity index (χ4v) is 2.94. The fourth-order valence-electron chi connectivity index (χ4n) is 2.94. The number of benzene rings is 1. The van der Waals surface area contributed by atoms with Gasteiger partial charge in [-0.15, -0.1) is 0 Å². The molecule has 1 atom stereocenters. The van der Waals surface area contributed by atoms with Crippen LogP contribution < -0.4 is 15.9 Å². The Bertz CT molecular complexity index is 1200.